The third-order valence-electron chi connectivity index (χ3n) is 6.07. The summed E-state index contributed by atoms with van der Waals surface area (Å²) in [5, 5.41) is 14.2. The fraction of sp³-hybridized carbons (Fsp3) is 0.696. The van der Waals surface area contributed by atoms with E-state index in [1.165, 1.54) is 25.7 Å². The van der Waals surface area contributed by atoms with Crippen molar-refractivity contribution in [3.05, 3.63) is 30.1 Å². The maximum Gasteiger partial charge on any atom is 0.490 e. The molecule has 0 aliphatic carbocycles. The van der Waals surface area contributed by atoms with Crippen molar-refractivity contribution in [1.29, 1.82) is 0 Å². The lowest BCUT2D eigenvalue weighted by atomic mass is 9.97. The molecule has 3 saturated heterocycles. The van der Waals surface area contributed by atoms with Crippen LogP contribution in [0.4, 0.5) is 26.3 Å². The van der Waals surface area contributed by atoms with E-state index in [0.29, 0.717) is 12.6 Å². The topological polar surface area (TPSA) is 118 Å². The van der Waals surface area contributed by atoms with Gasteiger partial charge in [0, 0.05) is 45.1 Å². The van der Waals surface area contributed by atoms with Crippen LogP contribution in [0.25, 0.3) is 0 Å². The van der Waals surface area contributed by atoms with Gasteiger partial charge in [0.1, 0.15) is 6.10 Å². The molecular weight excluding hydrogens is 530 g/mol. The Bertz CT molecular complexity index is 842. The first-order valence-electron chi connectivity index (χ1n) is 11.8. The first-order chi connectivity index (χ1) is 17.8. The molecule has 216 valence electrons. The second kappa shape index (κ2) is 14.6. The molecule has 0 unspecified atom stereocenters. The molecule has 0 spiro atoms. The SMILES string of the molecule is O=C(O)C(F)(F)F.O=C(O)C(F)(F)F.c1ccc(CO[C@@H]2CN(CC3CCOCC3)[C@H]3CCCO[C@@H]23)nc1. The fourth-order valence-electron chi connectivity index (χ4n) is 4.30. The molecule has 3 fully saturated rings. The van der Waals surface area contributed by atoms with Crippen molar-refractivity contribution in [3.63, 3.8) is 0 Å². The van der Waals surface area contributed by atoms with E-state index in [0.717, 1.165) is 44.5 Å². The third kappa shape index (κ3) is 10.7. The molecule has 0 amide bonds. The van der Waals surface area contributed by atoms with Gasteiger partial charge < -0.3 is 24.4 Å². The number of aromatic nitrogens is 1. The molecule has 1 aromatic rings. The molecular formula is C23H30F6N2O7. The van der Waals surface area contributed by atoms with E-state index in [1.807, 2.05) is 24.4 Å². The molecule has 15 heteroatoms. The lowest BCUT2D eigenvalue weighted by Gasteiger charge is -2.34. The van der Waals surface area contributed by atoms with Gasteiger partial charge in [-0.25, -0.2) is 9.59 Å². The Balaban J connectivity index is 0.000000301. The van der Waals surface area contributed by atoms with Crippen LogP contribution in [-0.2, 0) is 30.4 Å². The largest absolute Gasteiger partial charge is 0.490 e. The average molecular weight is 560 g/mol. The minimum absolute atomic E-state index is 0.164. The van der Waals surface area contributed by atoms with E-state index in [9.17, 15) is 26.3 Å². The number of alkyl halides is 6. The number of hydrogen-bond donors (Lipinski definition) is 2. The summed E-state index contributed by atoms with van der Waals surface area (Å²) in [4.78, 5) is 24.8. The number of pyridine rings is 1. The van der Waals surface area contributed by atoms with Gasteiger partial charge in [0.05, 0.1) is 18.4 Å². The van der Waals surface area contributed by atoms with Crippen LogP contribution in [0.1, 0.15) is 31.4 Å². The highest BCUT2D eigenvalue weighted by molar-refractivity contribution is 5.73. The summed E-state index contributed by atoms with van der Waals surface area (Å²) in [6, 6.07) is 6.50. The van der Waals surface area contributed by atoms with E-state index >= 15 is 0 Å². The average Bonchev–Trinajstić information content (AvgIpc) is 3.21. The van der Waals surface area contributed by atoms with E-state index in [2.05, 4.69) is 9.88 Å². The summed E-state index contributed by atoms with van der Waals surface area (Å²) >= 11 is 0. The highest BCUT2D eigenvalue weighted by Crippen LogP contribution is 2.32. The molecule has 1 aromatic heterocycles. The van der Waals surface area contributed by atoms with Crippen LogP contribution in [-0.4, -0.2) is 95.5 Å². The van der Waals surface area contributed by atoms with Gasteiger partial charge in [0.25, 0.3) is 0 Å². The van der Waals surface area contributed by atoms with Crippen LogP contribution >= 0.6 is 0 Å². The number of halogens is 6. The number of carboxylic acid groups (broad SMARTS) is 2. The molecule has 2 N–H and O–H groups in total. The molecule has 3 aliphatic heterocycles. The highest BCUT2D eigenvalue weighted by atomic mass is 19.4. The Labute approximate surface area is 214 Å². The number of likely N-dealkylation sites (tertiary alicyclic amines) is 1. The van der Waals surface area contributed by atoms with E-state index in [-0.39, 0.29) is 12.2 Å². The highest BCUT2D eigenvalue weighted by Gasteiger charge is 2.45. The number of ether oxygens (including phenoxy) is 3. The normalized spacial score (nSPS) is 24.3. The van der Waals surface area contributed by atoms with Gasteiger partial charge in [0.15, 0.2) is 0 Å². The maximum atomic E-state index is 10.6. The zero-order valence-corrected chi connectivity index (χ0v) is 20.3. The standard InChI is InChI=1S/C19H28N2O3.2C2HF3O2/c1-2-8-20-16(4-1)14-24-18-13-21(12-15-6-10-22-11-7-15)17-5-3-9-23-19(17)18;2*3-2(4,5)1(6)7/h1-2,4,8,15,17-19H,3,5-7,9-14H2;2*(H,6,7)/t17-,18+,19+;;/m0../s1. The monoisotopic (exact) mass is 560 g/mol. The maximum absolute atomic E-state index is 10.6. The van der Waals surface area contributed by atoms with Crippen molar-refractivity contribution in [2.75, 3.05) is 32.9 Å². The molecule has 4 rings (SSSR count). The number of fused-ring (bicyclic) bond motifs is 1. The number of hydrogen-bond acceptors (Lipinski definition) is 7. The Kier molecular flexibility index (Phi) is 12.2. The number of carbonyl (C=O) groups is 2. The van der Waals surface area contributed by atoms with E-state index in [1.54, 1.807) is 0 Å². The Morgan fingerprint density at radius 1 is 1.00 bits per heavy atom. The van der Waals surface area contributed by atoms with Crippen LogP contribution in [0, 0.1) is 5.92 Å². The van der Waals surface area contributed by atoms with Crippen molar-refractivity contribution >= 4 is 11.9 Å². The number of aliphatic carboxylic acids is 2. The van der Waals surface area contributed by atoms with Gasteiger partial charge >= 0.3 is 24.3 Å². The van der Waals surface area contributed by atoms with Gasteiger partial charge in [-0.2, -0.15) is 26.3 Å². The lowest BCUT2D eigenvalue weighted by Crippen LogP contribution is -2.43. The molecule has 38 heavy (non-hydrogen) atoms. The molecule has 3 atom stereocenters. The summed E-state index contributed by atoms with van der Waals surface area (Å²) in [5.41, 5.74) is 0.993. The van der Waals surface area contributed by atoms with E-state index in [4.69, 9.17) is 34.0 Å². The molecule has 0 bridgehead atoms. The van der Waals surface area contributed by atoms with Crippen molar-refractivity contribution in [2.24, 2.45) is 5.92 Å². The van der Waals surface area contributed by atoms with Gasteiger partial charge in [-0.3, -0.25) is 9.88 Å². The minimum atomic E-state index is -5.08. The molecule has 0 aromatic carbocycles. The molecule has 3 aliphatic rings. The summed E-state index contributed by atoms with van der Waals surface area (Å²) in [7, 11) is 0. The number of nitrogens with zero attached hydrogens (tertiary/aromatic N) is 2. The first kappa shape index (κ1) is 31.7. The zero-order chi connectivity index (χ0) is 28.3. The zero-order valence-electron chi connectivity index (χ0n) is 20.3. The van der Waals surface area contributed by atoms with E-state index < -0.39 is 24.3 Å². The van der Waals surface area contributed by atoms with Crippen molar-refractivity contribution < 1.29 is 60.4 Å². The van der Waals surface area contributed by atoms with Gasteiger partial charge in [-0.15, -0.1) is 0 Å². The molecule has 4 heterocycles. The molecule has 9 nitrogen and oxygen atoms in total. The van der Waals surface area contributed by atoms with Crippen LogP contribution < -0.4 is 0 Å². The summed E-state index contributed by atoms with van der Waals surface area (Å²) in [6.07, 6.45) is -3.18. The Morgan fingerprint density at radius 2 is 1.61 bits per heavy atom. The van der Waals surface area contributed by atoms with Crippen molar-refractivity contribution in [3.8, 4) is 0 Å². The van der Waals surface area contributed by atoms with Crippen LogP contribution in [0.5, 0.6) is 0 Å². The smallest absolute Gasteiger partial charge is 0.475 e. The van der Waals surface area contributed by atoms with Crippen molar-refractivity contribution in [2.45, 2.75) is 62.9 Å². The summed E-state index contributed by atoms with van der Waals surface area (Å²) in [6.45, 7) is 5.43. The Morgan fingerprint density at radius 3 is 2.13 bits per heavy atom. The predicted molar refractivity (Wildman–Crippen MR) is 118 cm³/mol. The third-order valence-corrected chi connectivity index (χ3v) is 6.07. The first-order valence-corrected chi connectivity index (χ1v) is 11.8. The summed E-state index contributed by atoms with van der Waals surface area (Å²) < 4.78 is 81.3. The van der Waals surface area contributed by atoms with Crippen molar-refractivity contribution in [1.82, 2.24) is 9.88 Å². The second-order valence-corrected chi connectivity index (χ2v) is 8.83. The van der Waals surface area contributed by atoms with Crippen LogP contribution in [0.15, 0.2) is 24.4 Å². The molecule has 0 radical (unpaired) electrons. The van der Waals surface area contributed by atoms with Crippen LogP contribution in [0.3, 0.4) is 0 Å². The number of carboxylic acids is 2. The molecule has 0 saturated carbocycles. The minimum Gasteiger partial charge on any atom is -0.475 e. The Hall–Kier alpha value is -2.49. The van der Waals surface area contributed by atoms with Gasteiger partial charge in [-0.05, 0) is 43.7 Å². The van der Waals surface area contributed by atoms with Gasteiger partial charge in [-0.1, -0.05) is 6.07 Å². The number of rotatable bonds is 5. The summed E-state index contributed by atoms with van der Waals surface area (Å²) in [5.74, 6) is -4.75. The second-order valence-electron chi connectivity index (χ2n) is 8.83. The van der Waals surface area contributed by atoms with Crippen LogP contribution in [0.2, 0.25) is 0 Å². The quantitative estimate of drug-likeness (QED) is 0.522. The van der Waals surface area contributed by atoms with Gasteiger partial charge in [0.2, 0.25) is 0 Å². The predicted octanol–water partition coefficient (Wildman–Crippen LogP) is 3.52. The lowest BCUT2D eigenvalue weighted by molar-refractivity contribution is -0.193. The fourth-order valence-corrected chi connectivity index (χ4v) is 4.30.